The summed E-state index contributed by atoms with van der Waals surface area (Å²) in [7, 11) is -3.27. The maximum atomic E-state index is 12.3. The first-order valence-electron chi connectivity index (χ1n) is 8.69. The Bertz CT molecular complexity index is 855. The van der Waals surface area contributed by atoms with Gasteiger partial charge < -0.3 is 10.1 Å². The number of anilines is 1. The number of rotatable bonds is 6. The van der Waals surface area contributed by atoms with E-state index in [1.807, 2.05) is 0 Å². The maximum absolute atomic E-state index is 12.3. The van der Waals surface area contributed by atoms with Crippen molar-refractivity contribution in [3.63, 3.8) is 0 Å². The first kappa shape index (κ1) is 23.2. The second-order valence-corrected chi connectivity index (χ2v) is 9.87. The standard InChI is InChI=1S/C17H21Cl3N2O5S/c1-3-28(25,26)22-6-4-11(5-7-22)17(24)27-10(2)16(23)21-15-9-13(19)12(18)8-14(15)20/h8-11H,3-7H2,1-2H3,(H,21,23). The molecule has 28 heavy (non-hydrogen) atoms. The Labute approximate surface area is 179 Å². The highest BCUT2D eigenvalue weighted by atomic mass is 35.5. The van der Waals surface area contributed by atoms with Crippen LogP contribution in [-0.2, 0) is 24.3 Å². The molecule has 1 N–H and O–H groups in total. The monoisotopic (exact) mass is 470 g/mol. The van der Waals surface area contributed by atoms with Gasteiger partial charge in [-0.05, 0) is 38.8 Å². The molecule has 0 bridgehead atoms. The lowest BCUT2D eigenvalue weighted by Gasteiger charge is -2.30. The minimum atomic E-state index is -3.27. The van der Waals surface area contributed by atoms with Gasteiger partial charge in [-0.25, -0.2) is 12.7 Å². The van der Waals surface area contributed by atoms with Crippen LogP contribution in [0.4, 0.5) is 5.69 Å². The summed E-state index contributed by atoms with van der Waals surface area (Å²) in [6.45, 7) is 3.54. The molecule has 1 aromatic rings. The van der Waals surface area contributed by atoms with E-state index in [9.17, 15) is 18.0 Å². The molecule has 1 aromatic carbocycles. The van der Waals surface area contributed by atoms with Crippen LogP contribution in [0.5, 0.6) is 0 Å². The molecule has 0 radical (unpaired) electrons. The zero-order valence-corrected chi connectivity index (χ0v) is 18.5. The van der Waals surface area contributed by atoms with Crippen molar-refractivity contribution in [3.05, 3.63) is 27.2 Å². The smallest absolute Gasteiger partial charge is 0.309 e. The zero-order chi connectivity index (χ0) is 21.1. The number of esters is 1. The van der Waals surface area contributed by atoms with E-state index >= 15 is 0 Å². The molecule has 1 saturated heterocycles. The molecule has 7 nitrogen and oxygen atoms in total. The fourth-order valence-corrected chi connectivity index (χ4v) is 4.46. The maximum Gasteiger partial charge on any atom is 0.309 e. The number of halogens is 3. The largest absolute Gasteiger partial charge is 0.452 e. The minimum Gasteiger partial charge on any atom is -0.452 e. The van der Waals surface area contributed by atoms with E-state index in [0.717, 1.165) is 0 Å². The van der Waals surface area contributed by atoms with E-state index in [-0.39, 0.29) is 39.6 Å². The fourth-order valence-electron chi connectivity index (χ4n) is 2.73. The molecule has 0 saturated carbocycles. The molecule has 1 unspecified atom stereocenters. The Morgan fingerprint density at radius 1 is 1.18 bits per heavy atom. The molecule has 0 spiro atoms. The number of carbonyl (C=O) groups excluding carboxylic acids is 2. The third-order valence-electron chi connectivity index (χ3n) is 4.48. The summed E-state index contributed by atoms with van der Waals surface area (Å²) >= 11 is 17.8. The van der Waals surface area contributed by atoms with Gasteiger partial charge in [0.1, 0.15) is 0 Å². The van der Waals surface area contributed by atoms with Crippen LogP contribution < -0.4 is 5.32 Å². The normalized spacial score (nSPS) is 17.2. The molecule has 1 heterocycles. The van der Waals surface area contributed by atoms with E-state index in [4.69, 9.17) is 39.5 Å². The number of nitrogens with one attached hydrogen (secondary N) is 1. The highest BCUT2D eigenvalue weighted by Gasteiger charge is 2.32. The van der Waals surface area contributed by atoms with Crippen LogP contribution in [0.3, 0.4) is 0 Å². The Morgan fingerprint density at radius 3 is 2.32 bits per heavy atom. The quantitative estimate of drug-likeness (QED) is 0.506. The number of hydrogen-bond donors (Lipinski definition) is 1. The van der Waals surface area contributed by atoms with Crippen LogP contribution in [-0.4, -0.2) is 49.5 Å². The lowest BCUT2D eigenvalue weighted by Crippen LogP contribution is -2.42. The topological polar surface area (TPSA) is 92.8 Å². The van der Waals surface area contributed by atoms with E-state index in [1.54, 1.807) is 6.92 Å². The van der Waals surface area contributed by atoms with Crippen molar-refractivity contribution < 1.29 is 22.7 Å². The first-order chi connectivity index (χ1) is 13.0. The molecule has 1 atom stereocenters. The second-order valence-electron chi connectivity index (χ2n) is 6.39. The molecule has 1 aliphatic heterocycles. The number of amides is 1. The molecule has 2 rings (SSSR count). The van der Waals surface area contributed by atoms with Gasteiger partial charge in [-0.3, -0.25) is 9.59 Å². The molecular formula is C17H21Cl3N2O5S. The Hall–Kier alpha value is -1.06. The number of ether oxygens (including phenoxy) is 1. The molecule has 156 valence electrons. The fraction of sp³-hybridized carbons (Fsp3) is 0.529. The zero-order valence-electron chi connectivity index (χ0n) is 15.4. The summed E-state index contributed by atoms with van der Waals surface area (Å²) in [6, 6.07) is 2.80. The van der Waals surface area contributed by atoms with Gasteiger partial charge in [0.05, 0.1) is 32.4 Å². The van der Waals surface area contributed by atoms with Gasteiger partial charge in [0, 0.05) is 13.1 Å². The van der Waals surface area contributed by atoms with Crippen LogP contribution >= 0.6 is 34.8 Å². The summed E-state index contributed by atoms with van der Waals surface area (Å²) in [4.78, 5) is 24.6. The van der Waals surface area contributed by atoms with Crippen LogP contribution in [0.2, 0.25) is 15.1 Å². The summed E-state index contributed by atoms with van der Waals surface area (Å²) < 4.78 is 30.4. The molecule has 1 fully saturated rings. The highest BCUT2D eigenvalue weighted by molar-refractivity contribution is 7.89. The number of sulfonamides is 1. The number of piperidine rings is 1. The molecule has 1 aliphatic rings. The van der Waals surface area contributed by atoms with E-state index in [1.165, 1.54) is 23.4 Å². The van der Waals surface area contributed by atoms with Crippen LogP contribution in [0, 0.1) is 5.92 Å². The molecule has 11 heteroatoms. The van der Waals surface area contributed by atoms with Crippen molar-refractivity contribution in [2.75, 3.05) is 24.2 Å². The van der Waals surface area contributed by atoms with E-state index in [2.05, 4.69) is 5.32 Å². The average Bonchev–Trinajstić information content (AvgIpc) is 2.66. The minimum absolute atomic E-state index is 0.0244. The Balaban J connectivity index is 1.90. The second kappa shape index (κ2) is 9.63. The van der Waals surface area contributed by atoms with Gasteiger partial charge in [0.25, 0.3) is 5.91 Å². The SMILES string of the molecule is CCS(=O)(=O)N1CCC(C(=O)OC(C)C(=O)Nc2cc(Cl)c(Cl)cc2Cl)CC1. The average molecular weight is 472 g/mol. The Kier molecular flexibility index (Phi) is 7.98. The number of hydrogen-bond acceptors (Lipinski definition) is 5. The van der Waals surface area contributed by atoms with E-state index in [0.29, 0.717) is 12.8 Å². The summed E-state index contributed by atoms with van der Waals surface area (Å²) in [5.74, 6) is -1.53. The van der Waals surface area contributed by atoms with Crippen LogP contribution in [0.25, 0.3) is 0 Å². The number of carbonyl (C=O) groups is 2. The first-order valence-corrected chi connectivity index (χ1v) is 11.4. The van der Waals surface area contributed by atoms with Gasteiger partial charge in [-0.1, -0.05) is 34.8 Å². The van der Waals surface area contributed by atoms with Gasteiger partial charge in [0.2, 0.25) is 10.0 Å². The summed E-state index contributed by atoms with van der Waals surface area (Å²) in [6.07, 6.45) is -0.355. The highest BCUT2D eigenvalue weighted by Crippen LogP contribution is 2.32. The van der Waals surface area contributed by atoms with Crippen molar-refractivity contribution in [1.29, 1.82) is 0 Å². The van der Waals surface area contributed by atoms with Gasteiger partial charge in [-0.2, -0.15) is 0 Å². The third-order valence-corrected chi connectivity index (χ3v) is 7.39. The predicted octanol–water partition coefficient (Wildman–Crippen LogP) is 3.58. The molecule has 0 aliphatic carbocycles. The van der Waals surface area contributed by atoms with Crippen LogP contribution in [0.1, 0.15) is 26.7 Å². The van der Waals surface area contributed by atoms with Crippen molar-refractivity contribution in [1.82, 2.24) is 4.31 Å². The third kappa shape index (κ3) is 5.73. The molecule has 1 amide bonds. The molecule has 0 aromatic heterocycles. The van der Waals surface area contributed by atoms with Gasteiger partial charge in [0.15, 0.2) is 6.10 Å². The van der Waals surface area contributed by atoms with Crippen molar-refractivity contribution in [2.24, 2.45) is 5.92 Å². The van der Waals surface area contributed by atoms with E-state index < -0.39 is 33.9 Å². The predicted molar refractivity (Wildman–Crippen MR) is 109 cm³/mol. The Morgan fingerprint density at radius 2 is 1.75 bits per heavy atom. The van der Waals surface area contributed by atoms with Crippen molar-refractivity contribution in [2.45, 2.75) is 32.8 Å². The lowest BCUT2D eigenvalue weighted by molar-refractivity contribution is -0.158. The van der Waals surface area contributed by atoms with Crippen molar-refractivity contribution >= 4 is 62.4 Å². The number of benzene rings is 1. The molecular weight excluding hydrogens is 451 g/mol. The summed E-state index contributed by atoms with van der Waals surface area (Å²) in [5.41, 5.74) is 0.252. The lowest BCUT2D eigenvalue weighted by atomic mass is 9.98. The summed E-state index contributed by atoms with van der Waals surface area (Å²) in [5, 5.41) is 3.21. The van der Waals surface area contributed by atoms with Crippen molar-refractivity contribution in [3.8, 4) is 0 Å². The van der Waals surface area contributed by atoms with Gasteiger partial charge in [-0.15, -0.1) is 0 Å². The van der Waals surface area contributed by atoms with Crippen LogP contribution in [0.15, 0.2) is 12.1 Å². The van der Waals surface area contributed by atoms with Gasteiger partial charge >= 0.3 is 5.97 Å². The number of nitrogens with zero attached hydrogens (tertiary/aromatic N) is 1.